The van der Waals surface area contributed by atoms with E-state index in [0.29, 0.717) is 30.8 Å². The Hall–Kier alpha value is -0.870. The summed E-state index contributed by atoms with van der Waals surface area (Å²) in [6, 6.07) is 0. The lowest BCUT2D eigenvalue weighted by Gasteiger charge is -2.11. The van der Waals surface area contributed by atoms with E-state index in [2.05, 4.69) is 9.97 Å². The minimum absolute atomic E-state index is 0.291. The van der Waals surface area contributed by atoms with Crippen LogP contribution in [0.1, 0.15) is 37.7 Å². The summed E-state index contributed by atoms with van der Waals surface area (Å²) >= 11 is 5.85. The highest BCUT2D eigenvalue weighted by Gasteiger charge is 2.09. The topological polar surface area (TPSA) is 44.2 Å². The molecule has 4 nitrogen and oxygen atoms in total. The molecule has 1 aromatic rings. The molecule has 0 bridgehead atoms. The van der Waals surface area contributed by atoms with Crippen molar-refractivity contribution >= 4 is 11.6 Å². The van der Waals surface area contributed by atoms with E-state index in [1.54, 1.807) is 13.3 Å². The van der Waals surface area contributed by atoms with Gasteiger partial charge >= 0.3 is 0 Å². The predicted molar refractivity (Wildman–Crippen MR) is 67.7 cm³/mol. The van der Waals surface area contributed by atoms with Gasteiger partial charge in [0.05, 0.1) is 18.7 Å². The van der Waals surface area contributed by atoms with E-state index in [9.17, 15) is 0 Å². The van der Waals surface area contributed by atoms with Crippen LogP contribution in [0, 0.1) is 0 Å². The van der Waals surface area contributed by atoms with Crippen molar-refractivity contribution in [3.63, 3.8) is 0 Å². The predicted octanol–water partition coefficient (Wildman–Crippen LogP) is 2.75. The molecule has 0 fully saturated rings. The third-order valence-corrected chi connectivity index (χ3v) is 2.49. The fraction of sp³-hybridized carbons (Fsp3) is 0.667. The third-order valence-electron chi connectivity index (χ3n) is 2.24. The summed E-state index contributed by atoms with van der Waals surface area (Å²) in [6.07, 6.45) is 2.54. The summed E-state index contributed by atoms with van der Waals surface area (Å²) < 4.78 is 10.5. The van der Waals surface area contributed by atoms with E-state index < -0.39 is 0 Å². The fourth-order valence-electron chi connectivity index (χ4n) is 1.30. The summed E-state index contributed by atoms with van der Waals surface area (Å²) in [5.74, 6) is 2.09. The van der Waals surface area contributed by atoms with Crippen LogP contribution in [0.25, 0.3) is 0 Å². The molecule has 5 heteroatoms. The number of rotatable bonds is 7. The first-order valence-corrected chi connectivity index (χ1v) is 6.26. The van der Waals surface area contributed by atoms with Gasteiger partial charge in [0.2, 0.25) is 0 Å². The van der Waals surface area contributed by atoms with E-state index >= 15 is 0 Å². The van der Waals surface area contributed by atoms with E-state index in [1.807, 2.05) is 13.8 Å². The van der Waals surface area contributed by atoms with Gasteiger partial charge < -0.3 is 9.47 Å². The van der Waals surface area contributed by atoms with Gasteiger partial charge in [-0.15, -0.1) is 11.6 Å². The number of hydrogen-bond donors (Lipinski definition) is 0. The van der Waals surface area contributed by atoms with Crippen LogP contribution in [0.15, 0.2) is 6.20 Å². The molecule has 1 aromatic heterocycles. The van der Waals surface area contributed by atoms with Gasteiger partial charge in [-0.2, -0.15) is 0 Å². The van der Waals surface area contributed by atoms with Crippen molar-refractivity contribution < 1.29 is 9.47 Å². The summed E-state index contributed by atoms with van der Waals surface area (Å²) in [5.41, 5.74) is 0.753. The average molecular weight is 259 g/mol. The van der Waals surface area contributed by atoms with Crippen LogP contribution < -0.4 is 4.74 Å². The average Bonchev–Trinajstić information content (AvgIpc) is 2.34. The molecule has 0 N–H and O–H groups in total. The summed E-state index contributed by atoms with van der Waals surface area (Å²) in [6.45, 7) is 5.36. The number of hydrogen-bond acceptors (Lipinski definition) is 4. The Morgan fingerprint density at radius 2 is 2.12 bits per heavy atom. The van der Waals surface area contributed by atoms with Crippen LogP contribution in [-0.4, -0.2) is 30.3 Å². The molecule has 17 heavy (non-hydrogen) atoms. The Labute approximate surface area is 107 Å². The molecule has 0 saturated carbocycles. The minimum atomic E-state index is 0.291. The van der Waals surface area contributed by atoms with Gasteiger partial charge in [-0.25, -0.2) is 9.97 Å². The standard InChI is InChI=1S/C12H19ClN2O2/c1-9(2)12-14-8-11(10(7-13)15-12)17-6-4-5-16-3/h8-9H,4-7H2,1-3H3. The number of ether oxygens (including phenoxy) is 2. The van der Waals surface area contributed by atoms with Crippen molar-refractivity contribution in [3.05, 3.63) is 17.7 Å². The number of halogens is 1. The van der Waals surface area contributed by atoms with E-state index in [1.165, 1.54) is 0 Å². The number of alkyl halides is 1. The maximum atomic E-state index is 5.85. The largest absolute Gasteiger partial charge is 0.490 e. The summed E-state index contributed by atoms with van der Waals surface area (Å²) in [5, 5.41) is 0. The minimum Gasteiger partial charge on any atom is -0.490 e. The lowest BCUT2D eigenvalue weighted by atomic mass is 10.2. The van der Waals surface area contributed by atoms with Crippen LogP contribution >= 0.6 is 11.6 Å². The zero-order valence-corrected chi connectivity index (χ0v) is 11.3. The van der Waals surface area contributed by atoms with E-state index in [0.717, 1.165) is 17.9 Å². The molecule has 0 saturated heterocycles. The second-order valence-electron chi connectivity index (χ2n) is 4.02. The Bertz CT molecular complexity index is 345. The van der Waals surface area contributed by atoms with Crippen molar-refractivity contribution in [3.8, 4) is 5.75 Å². The Kier molecular flexibility index (Phi) is 6.22. The van der Waals surface area contributed by atoms with Crippen LogP contribution in [0.5, 0.6) is 5.75 Å². The number of methoxy groups -OCH3 is 1. The van der Waals surface area contributed by atoms with Gasteiger partial charge in [0, 0.05) is 26.1 Å². The fourth-order valence-corrected chi connectivity index (χ4v) is 1.49. The second-order valence-corrected chi connectivity index (χ2v) is 4.29. The Morgan fingerprint density at radius 3 is 2.71 bits per heavy atom. The Balaban J connectivity index is 2.65. The Morgan fingerprint density at radius 1 is 1.35 bits per heavy atom. The van der Waals surface area contributed by atoms with Crippen LogP contribution in [0.4, 0.5) is 0 Å². The molecule has 0 atom stereocenters. The van der Waals surface area contributed by atoms with Crippen molar-refractivity contribution in [1.29, 1.82) is 0 Å². The first kappa shape index (κ1) is 14.2. The van der Waals surface area contributed by atoms with Crippen molar-refractivity contribution in [2.75, 3.05) is 20.3 Å². The molecule has 1 rings (SSSR count). The molecule has 0 unspecified atom stereocenters. The lowest BCUT2D eigenvalue weighted by molar-refractivity contribution is 0.171. The van der Waals surface area contributed by atoms with Crippen LogP contribution in [0.2, 0.25) is 0 Å². The molecule has 0 amide bonds. The second kappa shape index (κ2) is 7.45. The summed E-state index contributed by atoms with van der Waals surface area (Å²) in [4.78, 5) is 8.65. The normalized spacial score (nSPS) is 10.9. The van der Waals surface area contributed by atoms with Crippen molar-refractivity contribution in [2.45, 2.75) is 32.1 Å². The number of nitrogens with zero attached hydrogens (tertiary/aromatic N) is 2. The molecule has 0 aliphatic heterocycles. The van der Waals surface area contributed by atoms with Crippen LogP contribution in [0.3, 0.4) is 0 Å². The smallest absolute Gasteiger partial charge is 0.160 e. The van der Waals surface area contributed by atoms with Gasteiger partial charge in [0.1, 0.15) is 11.5 Å². The molecule has 0 radical (unpaired) electrons. The zero-order valence-electron chi connectivity index (χ0n) is 10.6. The van der Waals surface area contributed by atoms with Gasteiger partial charge in [0.15, 0.2) is 5.75 Å². The van der Waals surface area contributed by atoms with Gasteiger partial charge in [-0.05, 0) is 0 Å². The van der Waals surface area contributed by atoms with E-state index in [4.69, 9.17) is 21.1 Å². The molecule has 0 aliphatic carbocycles. The first-order chi connectivity index (χ1) is 8.19. The highest BCUT2D eigenvalue weighted by atomic mass is 35.5. The highest BCUT2D eigenvalue weighted by Crippen LogP contribution is 2.20. The lowest BCUT2D eigenvalue weighted by Crippen LogP contribution is -2.07. The first-order valence-electron chi connectivity index (χ1n) is 5.72. The van der Waals surface area contributed by atoms with Gasteiger partial charge in [-0.3, -0.25) is 0 Å². The van der Waals surface area contributed by atoms with E-state index in [-0.39, 0.29) is 0 Å². The maximum absolute atomic E-state index is 5.85. The third kappa shape index (κ3) is 4.48. The van der Waals surface area contributed by atoms with Gasteiger partial charge in [-0.1, -0.05) is 13.8 Å². The zero-order chi connectivity index (χ0) is 12.7. The van der Waals surface area contributed by atoms with Crippen molar-refractivity contribution in [2.24, 2.45) is 0 Å². The monoisotopic (exact) mass is 258 g/mol. The number of aromatic nitrogens is 2. The molecule has 0 aliphatic rings. The summed E-state index contributed by atoms with van der Waals surface area (Å²) in [7, 11) is 1.67. The molecular weight excluding hydrogens is 240 g/mol. The van der Waals surface area contributed by atoms with Crippen molar-refractivity contribution in [1.82, 2.24) is 9.97 Å². The molecule has 96 valence electrons. The maximum Gasteiger partial charge on any atom is 0.160 e. The van der Waals surface area contributed by atoms with Gasteiger partial charge in [0.25, 0.3) is 0 Å². The molecule has 1 heterocycles. The molecule has 0 aromatic carbocycles. The molecular formula is C12H19ClN2O2. The van der Waals surface area contributed by atoms with Crippen LogP contribution in [-0.2, 0) is 10.6 Å². The SMILES string of the molecule is COCCCOc1cnc(C(C)C)nc1CCl. The quantitative estimate of drug-likeness (QED) is 0.557. The highest BCUT2D eigenvalue weighted by molar-refractivity contribution is 6.17. The molecule has 0 spiro atoms.